The summed E-state index contributed by atoms with van der Waals surface area (Å²) in [5, 5.41) is 0.675. The highest BCUT2D eigenvalue weighted by molar-refractivity contribution is 7.99. The number of halogens is 2. The van der Waals surface area contributed by atoms with E-state index in [1.54, 1.807) is 15.9 Å². The van der Waals surface area contributed by atoms with E-state index in [0.717, 1.165) is 27.5 Å². The van der Waals surface area contributed by atoms with Crippen LogP contribution in [0.1, 0.15) is 18.1 Å². The lowest BCUT2D eigenvalue weighted by Crippen LogP contribution is -2.50. The summed E-state index contributed by atoms with van der Waals surface area (Å²) >= 11 is 14.6. The van der Waals surface area contributed by atoms with Crippen LogP contribution in [0.25, 0.3) is 5.57 Å². The lowest BCUT2D eigenvalue weighted by atomic mass is 10.1. The Morgan fingerprint density at radius 1 is 1.03 bits per heavy atom. The molecule has 1 fully saturated rings. The third-order valence-electron chi connectivity index (χ3n) is 5.51. The smallest absolute Gasteiger partial charge is 0.254 e. The third kappa shape index (κ3) is 4.76. The fraction of sp³-hybridized carbons (Fsp3) is 0.304. The van der Waals surface area contributed by atoms with E-state index in [0.29, 0.717) is 48.4 Å². The number of rotatable bonds is 4. The summed E-state index contributed by atoms with van der Waals surface area (Å²) in [4.78, 5) is 39.8. The third-order valence-corrected chi connectivity index (χ3v) is 7.55. The molecule has 0 atom stereocenters. The lowest BCUT2D eigenvalue weighted by molar-refractivity contribution is -0.215. The van der Waals surface area contributed by atoms with Gasteiger partial charge >= 0.3 is 0 Å². The highest BCUT2D eigenvalue weighted by atomic mass is 35.5. The molecule has 0 aromatic heterocycles. The molecule has 32 heavy (non-hydrogen) atoms. The molecule has 0 bridgehead atoms. The predicted molar refractivity (Wildman–Crippen MR) is 125 cm³/mol. The van der Waals surface area contributed by atoms with Gasteiger partial charge in [0.2, 0.25) is 5.91 Å². The normalized spacial score (nSPS) is 15.7. The van der Waals surface area contributed by atoms with Gasteiger partial charge in [0.1, 0.15) is 0 Å². The molecule has 0 N–H and O–H groups in total. The molecule has 0 saturated carbocycles. The van der Waals surface area contributed by atoms with Crippen molar-refractivity contribution in [2.45, 2.75) is 23.1 Å². The van der Waals surface area contributed by atoms with Crippen molar-refractivity contribution in [3.63, 3.8) is 0 Å². The molecule has 2 aliphatic rings. The topological polar surface area (TPSA) is 59.1 Å². The second-order valence-electron chi connectivity index (χ2n) is 7.54. The quantitative estimate of drug-likeness (QED) is 0.456. The maximum absolute atomic E-state index is 12.9. The number of piperazine rings is 1. The van der Waals surface area contributed by atoms with Gasteiger partial charge < -0.3 is 14.7 Å². The van der Waals surface area contributed by atoms with E-state index in [1.165, 1.54) is 18.7 Å². The Morgan fingerprint density at radius 3 is 2.47 bits per heavy atom. The number of hydrogen-bond acceptors (Lipinski definition) is 5. The molecule has 168 valence electrons. The predicted octanol–water partition coefficient (Wildman–Crippen LogP) is 4.72. The maximum atomic E-state index is 12.9. The van der Waals surface area contributed by atoms with E-state index in [9.17, 15) is 9.59 Å². The number of amides is 2. The lowest BCUT2D eigenvalue weighted by Gasteiger charge is -2.34. The van der Waals surface area contributed by atoms with Gasteiger partial charge in [0.15, 0.2) is 5.75 Å². The summed E-state index contributed by atoms with van der Waals surface area (Å²) in [5.41, 5.74) is 1.87. The zero-order chi connectivity index (χ0) is 22.8. The fourth-order valence-electron chi connectivity index (χ4n) is 3.65. The Labute approximate surface area is 201 Å². The molecule has 2 aromatic rings. The first-order valence-corrected chi connectivity index (χ1v) is 11.7. The molecule has 0 aliphatic carbocycles. The Kier molecular flexibility index (Phi) is 7.00. The molecule has 2 amide bonds. The molecule has 4 rings (SSSR count). The van der Waals surface area contributed by atoms with Gasteiger partial charge in [-0.2, -0.15) is 4.89 Å². The van der Waals surface area contributed by atoms with E-state index in [1.807, 2.05) is 24.3 Å². The van der Waals surface area contributed by atoms with Crippen LogP contribution in [-0.2, 0) is 20.9 Å². The van der Waals surface area contributed by atoms with Crippen LogP contribution in [-0.4, -0.2) is 54.4 Å². The van der Waals surface area contributed by atoms with Crippen molar-refractivity contribution in [3.05, 3.63) is 58.1 Å². The Bertz CT molecular complexity index is 1080. The number of nitrogens with zero attached hydrogens (tertiary/aromatic N) is 2. The van der Waals surface area contributed by atoms with Crippen molar-refractivity contribution in [1.29, 1.82) is 0 Å². The van der Waals surface area contributed by atoms with Crippen molar-refractivity contribution in [1.82, 2.24) is 9.80 Å². The van der Waals surface area contributed by atoms with Gasteiger partial charge in [-0.05, 0) is 24.3 Å². The zero-order valence-corrected chi connectivity index (χ0v) is 19.9. The van der Waals surface area contributed by atoms with Gasteiger partial charge in [0.25, 0.3) is 5.91 Å². The van der Waals surface area contributed by atoms with Gasteiger partial charge in [-0.3, -0.25) is 9.59 Å². The molecule has 2 aromatic carbocycles. The average molecular weight is 493 g/mol. The molecular formula is C23H22Cl2N2O4S. The van der Waals surface area contributed by atoms with Crippen LogP contribution in [0.4, 0.5) is 0 Å². The molecule has 6 nitrogen and oxygen atoms in total. The van der Waals surface area contributed by atoms with Gasteiger partial charge in [0, 0.05) is 66.0 Å². The molecular weight excluding hydrogens is 471 g/mol. The summed E-state index contributed by atoms with van der Waals surface area (Å²) in [7, 11) is 0. The maximum Gasteiger partial charge on any atom is 0.254 e. The van der Waals surface area contributed by atoms with Crippen molar-refractivity contribution in [2.75, 3.05) is 32.8 Å². The van der Waals surface area contributed by atoms with Gasteiger partial charge in [-0.25, -0.2) is 0 Å². The first-order chi connectivity index (χ1) is 15.3. The number of carbonyl (C=O) groups excluding carboxylic acids is 2. The minimum Gasteiger partial charge on any atom is -0.339 e. The average Bonchev–Trinajstić information content (AvgIpc) is 2.81. The van der Waals surface area contributed by atoms with Crippen LogP contribution in [0.15, 0.2) is 46.7 Å². The second kappa shape index (κ2) is 9.75. The first-order valence-electron chi connectivity index (χ1n) is 10.2. The van der Waals surface area contributed by atoms with E-state index in [-0.39, 0.29) is 17.4 Å². The summed E-state index contributed by atoms with van der Waals surface area (Å²) in [5.74, 6) is 0.529. The Hall–Kier alpha value is -2.19. The van der Waals surface area contributed by atoms with E-state index < -0.39 is 0 Å². The molecule has 0 spiro atoms. The minimum absolute atomic E-state index is 0.0126. The van der Waals surface area contributed by atoms with Crippen LogP contribution < -0.4 is 4.89 Å². The van der Waals surface area contributed by atoms with Gasteiger partial charge in [-0.15, -0.1) is 0 Å². The largest absolute Gasteiger partial charge is 0.339 e. The van der Waals surface area contributed by atoms with Crippen molar-refractivity contribution >= 4 is 52.4 Å². The van der Waals surface area contributed by atoms with Crippen LogP contribution in [0, 0.1) is 0 Å². The number of benzene rings is 2. The van der Waals surface area contributed by atoms with Crippen molar-refractivity contribution < 1.29 is 19.4 Å². The van der Waals surface area contributed by atoms with Crippen LogP contribution in [0.2, 0.25) is 10.0 Å². The van der Waals surface area contributed by atoms with Crippen LogP contribution in [0.5, 0.6) is 5.75 Å². The molecule has 1 saturated heterocycles. The standard InChI is InChI=1S/C23H22Cl2N2O4S/c1-14(23(29)27-10-8-26(9-11-27)15(2)28)18-4-6-20(22(25)21(18)24)32-17-3-5-19-16(13-17)7-12-30-31-19/h3-6,13H,1,7-12H2,2H3. The highest BCUT2D eigenvalue weighted by Crippen LogP contribution is 2.41. The van der Waals surface area contributed by atoms with Gasteiger partial charge in [0.05, 0.1) is 16.7 Å². The van der Waals surface area contributed by atoms with Gasteiger partial charge in [-0.1, -0.05) is 47.6 Å². The van der Waals surface area contributed by atoms with Crippen LogP contribution in [0.3, 0.4) is 0 Å². The van der Waals surface area contributed by atoms with Crippen molar-refractivity contribution in [2.24, 2.45) is 0 Å². The Balaban J connectivity index is 1.48. The zero-order valence-electron chi connectivity index (χ0n) is 17.5. The number of carbonyl (C=O) groups is 2. The highest BCUT2D eigenvalue weighted by Gasteiger charge is 2.26. The minimum atomic E-state index is -0.205. The summed E-state index contributed by atoms with van der Waals surface area (Å²) < 4.78 is 0. The molecule has 0 unspecified atom stereocenters. The number of fused-ring (bicyclic) bond motifs is 1. The van der Waals surface area contributed by atoms with Crippen LogP contribution >= 0.6 is 35.0 Å². The summed E-state index contributed by atoms with van der Waals surface area (Å²) in [6, 6.07) is 9.47. The summed E-state index contributed by atoms with van der Waals surface area (Å²) in [6.07, 6.45) is 0.778. The SMILES string of the molecule is C=C(C(=O)N1CCN(C(C)=O)CC1)c1ccc(Sc2ccc3c(c2)CCOO3)c(Cl)c1Cl. The second-order valence-corrected chi connectivity index (χ2v) is 9.41. The molecule has 2 heterocycles. The van der Waals surface area contributed by atoms with E-state index >= 15 is 0 Å². The molecule has 2 aliphatic heterocycles. The Morgan fingerprint density at radius 2 is 1.75 bits per heavy atom. The molecule has 9 heteroatoms. The van der Waals surface area contributed by atoms with Crippen molar-refractivity contribution in [3.8, 4) is 5.75 Å². The van der Waals surface area contributed by atoms with E-state index in [4.69, 9.17) is 33.0 Å². The monoisotopic (exact) mass is 492 g/mol. The first kappa shape index (κ1) is 23.0. The number of hydrogen-bond donors (Lipinski definition) is 0. The molecule has 0 radical (unpaired) electrons. The van der Waals surface area contributed by atoms with E-state index in [2.05, 4.69) is 6.58 Å². The summed E-state index contributed by atoms with van der Waals surface area (Å²) in [6.45, 7) is 7.96. The fourth-order valence-corrected chi connectivity index (χ4v) is 5.19.